The number of hydrogen-bond donors (Lipinski definition) is 1. The van der Waals surface area contributed by atoms with E-state index in [0.717, 1.165) is 28.8 Å². The van der Waals surface area contributed by atoms with Crippen molar-refractivity contribution in [3.8, 4) is 0 Å². The molecule has 0 amide bonds. The van der Waals surface area contributed by atoms with Crippen LogP contribution in [0.2, 0.25) is 5.02 Å². The van der Waals surface area contributed by atoms with Gasteiger partial charge in [-0.25, -0.2) is 13.1 Å². The first-order valence-electron chi connectivity index (χ1n) is 7.78. The maximum atomic E-state index is 12.5. The van der Waals surface area contributed by atoms with E-state index >= 15 is 0 Å². The molecule has 0 saturated heterocycles. The van der Waals surface area contributed by atoms with Crippen LogP contribution < -0.4 is 9.60 Å². The maximum Gasteiger partial charge on any atom is 0.308 e. The summed E-state index contributed by atoms with van der Waals surface area (Å²) < 4.78 is 30.0. The van der Waals surface area contributed by atoms with Crippen LogP contribution in [-0.2, 0) is 23.1 Å². The van der Waals surface area contributed by atoms with Gasteiger partial charge in [0.25, 0.3) is 0 Å². The Hall–Kier alpha value is -1.67. The van der Waals surface area contributed by atoms with Gasteiger partial charge in [0.15, 0.2) is 0 Å². The zero-order chi connectivity index (χ0) is 18.0. The van der Waals surface area contributed by atoms with E-state index in [0.29, 0.717) is 16.3 Å². The third-order valence-electron chi connectivity index (χ3n) is 3.78. The molecule has 0 bridgehead atoms. The van der Waals surface area contributed by atoms with Crippen molar-refractivity contribution in [2.24, 2.45) is 0 Å². The van der Waals surface area contributed by atoms with Gasteiger partial charge in [-0.05, 0) is 42.3 Å². The lowest BCUT2D eigenvalue weighted by molar-refractivity contribution is 0.581. The first-order valence-corrected chi connectivity index (χ1v) is 10.5. The van der Waals surface area contributed by atoms with Crippen molar-refractivity contribution in [2.45, 2.75) is 31.3 Å². The van der Waals surface area contributed by atoms with Gasteiger partial charge in [-0.2, -0.15) is 0 Å². The van der Waals surface area contributed by atoms with Crippen LogP contribution >= 0.6 is 22.9 Å². The van der Waals surface area contributed by atoms with Crippen LogP contribution in [0.15, 0.2) is 52.2 Å². The predicted octanol–water partition coefficient (Wildman–Crippen LogP) is 3.60. The Morgan fingerprint density at radius 3 is 2.56 bits per heavy atom. The Balaban J connectivity index is 1.86. The molecule has 132 valence electrons. The number of nitrogens with zero attached hydrogens (tertiary/aromatic N) is 1. The van der Waals surface area contributed by atoms with Gasteiger partial charge in [-0.1, -0.05) is 42.0 Å². The molecule has 1 N–H and O–H groups in total. The van der Waals surface area contributed by atoms with E-state index in [1.807, 2.05) is 6.92 Å². The van der Waals surface area contributed by atoms with Crippen LogP contribution in [0.5, 0.6) is 0 Å². The third kappa shape index (κ3) is 3.95. The summed E-state index contributed by atoms with van der Waals surface area (Å²) in [7, 11) is -3.66. The van der Waals surface area contributed by atoms with Crippen molar-refractivity contribution in [2.75, 3.05) is 0 Å². The normalized spacial score (nSPS) is 11.9. The van der Waals surface area contributed by atoms with Gasteiger partial charge in [0.1, 0.15) is 0 Å². The summed E-state index contributed by atoms with van der Waals surface area (Å²) in [4.78, 5) is 12.1. The lowest BCUT2D eigenvalue weighted by atomic mass is 10.2. The Bertz CT molecular complexity index is 1050. The largest absolute Gasteiger partial charge is 0.308 e. The fourth-order valence-electron chi connectivity index (χ4n) is 2.51. The Morgan fingerprint density at radius 1 is 1.16 bits per heavy atom. The molecule has 1 aromatic heterocycles. The van der Waals surface area contributed by atoms with Gasteiger partial charge < -0.3 is 0 Å². The fraction of sp³-hybridized carbons (Fsp3) is 0.235. The Morgan fingerprint density at radius 2 is 1.88 bits per heavy atom. The minimum atomic E-state index is -3.66. The van der Waals surface area contributed by atoms with Gasteiger partial charge in [0, 0.05) is 18.1 Å². The number of thiazole rings is 1. The predicted molar refractivity (Wildman–Crippen MR) is 102 cm³/mol. The number of benzene rings is 2. The molecule has 0 unspecified atom stereocenters. The number of nitrogens with one attached hydrogen (secondary N) is 1. The number of fused-ring (bicyclic) bond motifs is 1. The van der Waals surface area contributed by atoms with Crippen LogP contribution in [0.25, 0.3) is 10.2 Å². The molecule has 0 aliphatic heterocycles. The topological polar surface area (TPSA) is 68.2 Å². The zero-order valence-corrected chi connectivity index (χ0v) is 15.9. The van der Waals surface area contributed by atoms with E-state index in [1.54, 1.807) is 41.0 Å². The fourth-order valence-corrected chi connectivity index (χ4v) is 4.71. The summed E-state index contributed by atoms with van der Waals surface area (Å²) in [6, 6.07) is 11.7. The van der Waals surface area contributed by atoms with Crippen LogP contribution in [-0.4, -0.2) is 13.0 Å². The number of sulfonamides is 1. The van der Waals surface area contributed by atoms with Gasteiger partial charge >= 0.3 is 4.87 Å². The van der Waals surface area contributed by atoms with E-state index in [4.69, 9.17) is 11.6 Å². The summed E-state index contributed by atoms with van der Waals surface area (Å²) in [6.07, 6.45) is 0.842. The summed E-state index contributed by atoms with van der Waals surface area (Å²) in [5, 5.41) is 0.601. The van der Waals surface area contributed by atoms with Crippen molar-refractivity contribution >= 4 is 43.2 Å². The summed E-state index contributed by atoms with van der Waals surface area (Å²) in [6.45, 7) is 2.79. The van der Waals surface area contributed by atoms with Gasteiger partial charge in [0.05, 0.1) is 15.1 Å². The Labute approximate surface area is 154 Å². The van der Waals surface area contributed by atoms with Crippen molar-refractivity contribution in [1.29, 1.82) is 0 Å². The molecule has 3 rings (SSSR count). The van der Waals surface area contributed by atoms with Crippen LogP contribution in [0, 0.1) is 0 Å². The summed E-state index contributed by atoms with van der Waals surface area (Å²) in [5.74, 6) is 0. The molecule has 0 fully saturated rings. The van der Waals surface area contributed by atoms with E-state index in [9.17, 15) is 13.2 Å². The van der Waals surface area contributed by atoms with Crippen LogP contribution in [0.1, 0.15) is 18.9 Å². The first kappa shape index (κ1) is 18.1. The minimum Gasteiger partial charge on any atom is -0.299 e. The van der Waals surface area contributed by atoms with E-state index in [-0.39, 0.29) is 16.3 Å². The second-order valence-corrected chi connectivity index (χ2v) is 8.80. The zero-order valence-electron chi connectivity index (χ0n) is 13.5. The lowest BCUT2D eigenvalue weighted by Crippen LogP contribution is -2.23. The quantitative estimate of drug-likeness (QED) is 0.692. The summed E-state index contributed by atoms with van der Waals surface area (Å²) in [5.41, 5.74) is 1.58. The molecule has 0 saturated carbocycles. The molecule has 1 heterocycles. The number of halogens is 1. The maximum absolute atomic E-state index is 12.5. The molecule has 3 aromatic rings. The molecule has 25 heavy (non-hydrogen) atoms. The molecular formula is C17H17ClN2O3S2. The third-order valence-corrected chi connectivity index (χ3v) is 6.37. The van der Waals surface area contributed by atoms with Crippen LogP contribution in [0.4, 0.5) is 0 Å². The monoisotopic (exact) mass is 396 g/mol. The highest BCUT2D eigenvalue weighted by molar-refractivity contribution is 7.89. The van der Waals surface area contributed by atoms with E-state index < -0.39 is 10.0 Å². The van der Waals surface area contributed by atoms with Crippen molar-refractivity contribution < 1.29 is 8.42 Å². The smallest absolute Gasteiger partial charge is 0.299 e. The van der Waals surface area contributed by atoms with Gasteiger partial charge in [-0.3, -0.25) is 9.36 Å². The second kappa shape index (κ2) is 7.29. The van der Waals surface area contributed by atoms with Crippen molar-refractivity contribution in [3.63, 3.8) is 0 Å². The SMILES string of the molecule is CCCn1c(=O)sc2cc(S(=O)(=O)NCc3ccc(Cl)cc3)ccc21. The molecule has 5 nitrogen and oxygen atoms in total. The molecule has 0 aliphatic rings. The number of rotatable bonds is 6. The number of hydrogen-bond acceptors (Lipinski definition) is 4. The first-order chi connectivity index (χ1) is 11.9. The molecule has 0 aliphatic carbocycles. The molecular weight excluding hydrogens is 380 g/mol. The average molecular weight is 397 g/mol. The molecule has 8 heteroatoms. The lowest BCUT2D eigenvalue weighted by Gasteiger charge is -2.08. The molecule has 0 spiro atoms. The molecule has 2 aromatic carbocycles. The highest BCUT2D eigenvalue weighted by atomic mass is 35.5. The van der Waals surface area contributed by atoms with E-state index in [2.05, 4.69) is 4.72 Å². The summed E-state index contributed by atoms with van der Waals surface area (Å²) >= 11 is 6.89. The Kier molecular flexibility index (Phi) is 5.29. The standard InChI is InChI=1S/C17H17ClN2O3S2/c1-2-9-20-15-8-7-14(10-16(15)24-17(20)21)25(22,23)19-11-12-3-5-13(18)6-4-12/h3-8,10,19H,2,9,11H2,1H3. The van der Waals surface area contributed by atoms with E-state index in [1.165, 1.54) is 6.07 Å². The number of aromatic nitrogens is 1. The van der Waals surface area contributed by atoms with Gasteiger partial charge in [0.2, 0.25) is 10.0 Å². The highest BCUT2D eigenvalue weighted by Gasteiger charge is 2.16. The van der Waals surface area contributed by atoms with Crippen molar-refractivity contribution in [3.05, 3.63) is 62.7 Å². The van der Waals surface area contributed by atoms with Crippen molar-refractivity contribution in [1.82, 2.24) is 9.29 Å². The highest BCUT2D eigenvalue weighted by Crippen LogP contribution is 2.22. The molecule has 0 radical (unpaired) electrons. The second-order valence-electron chi connectivity index (χ2n) is 5.60. The molecule has 0 atom stereocenters. The van der Waals surface area contributed by atoms with Crippen LogP contribution in [0.3, 0.4) is 0 Å². The number of aryl methyl sites for hydroxylation is 1. The minimum absolute atomic E-state index is 0.0690. The average Bonchev–Trinajstić information content (AvgIpc) is 2.90. The van der Waals surface area contributed by atoms with Gasteiger partial charge in [-0.15, -0.1) is 0 Å².